The molecule has 0 saturated carbocycles. The van der Waals surface area contributed by atoms with Crippen LogP contribution >= 0.6 is 7.82 Å². The molecule has 7 heteroatoms. The molecule has 0 aromatic rings. The smallest absolute Gasteiger partial charge is 0.0752 e. The Morgan fingerprint density at radius 1 is 1.08 bits per heavy atom. The van der Waals surface area contributed by atoms with Crippen molar-refractivity contribution in [3.8, 4) is 0 Å². The predicted molar refractivity (Wildman–Crippen MR) is 40.9 cm³/mol. The highest BCUT2D eigenvalue weighted by molar-refractivity contribution is 7.43. The lowest BCUT2D eigenvalue weighted by Crippen LogP contribution is -2.18. The summed E-state index contributed by atoms with van der Waals surface area (Å²) >= 11 is 0. The highest BCUT2D eigenvalue weighted by atomic mass is 31.2. The van der Waals surface area contributed by atoms with Crippen LogP contribution in [0.2, 0.25) is 0 Å². The van der Waals surface area contributed by atoms with Crippen LogP contribution < -0.4 is 9.79 Å². The van der Waals surface area contributed by atoms with Crippen LogP contribution in [0.4, 0.5) is 0 Å². The lowest BCUT2D eigenvalue weighted by Gasteiger charge is -2.28. The summed E-state index contributed by atoms with van der Waals surface area (Å²) in [6.45, 7) is 3.10. The molecule has 0 fully saturated rings. The fraction of sp³-hybridized carbons (Fsp3) is 1.00. The Hall–Kier alpha value is 0.0300. The second-order valence-corrected chi connectivity index (χ2v) is 3.24. The van der Waals surface area contributed by atoms with E-state index in [1.165, 1.54) is 0 Å². The predicted octanol–water partition coefficient (Wildman–Crippen LogP) is -1.12. The molecule has 0 N–H and O–H groups in total. The largest absolute Gasteiger partial charge is 0.790 e. The first-order chi connectivity index (χ1) is 6.06. The Labute approximate surface area is 77.0 Å². The van der Waals surface area contributed by atoms with E-state index in [-0.39, 0.29) is 13.2 Å². The van der Waals surface area contributed by atoms with E-state index in [4.69, 9.17) is 9.47 Å². The molecule has 0 atom stereocenters. The van der Waals surface area contributed by atoms with Gasteiger partial charge in [-0.1, -0.05) is 0 Å². The van der Waals surface area contributed by atoms with E-state index in [0.29, 0.717) is 19.8 Å². The van der Waals surface area contributed by atoms with Crippen molar-refractivity contribution in [3.05, 3.63) is 0 Å². The van der Waals surface area contributed by atoms with Gasteiger partial charge in [0.25, 0.3) is 0 Å². The van der Waals surface area contributed by atoms with E-state index in [0.717, 1.165) is 0 Å². The van der Waals surface area contributed by atoms with Crippen molar-refractivity contribution in [1.82, 2.24) is 0 Å². The molecule has 0 amide bonds. The monoisotopic (exact) mass is 212 g/mol. The van der Waals surface area contributed by atoms with Gasteiger partial charge in [-0.2, -0.15) is 0 Å². The van der Waals surface area contributed by atoms with Gasteiger partial charge in [-0.15, -0.1) is 0 Å². The molecule has 0 saturated heterocycles. The summed E-state index contributed by atoms with van der Waals surface area (Å²) in [5, 5.41) is 0. The van der Waals surface area contributed by atoms with Gasteiger partial charge in [0.2, 0.25) is 0 Å². The molecular weight excluding hydrogens is 199 g/mol. The third-order valence-corrected chi connectivity index (χ3v) is 1.55. The van der Waals surface area contributed by atoms with Crippen molar-refractivity contribution in [2.75, 3.05) is 33.0 Å². The second kappa shape index (κ2) is 7.44. The molecule has 0 aromatic heterocycles. The molecular formula is C6H13O6P-2. The minimum Gasteiger partial charge on any atom is -0.790 e. The quantitative estimate of drug-likeness (QED) is 0.374. The Morgan fingerprint density at radius 2 is 1.62 bits per heavy atom. The molecule has 0 radical (unpaired) electrons. The number of hydrogen-bond acceptors (Lipinski definition) is 6. The van der Waals surface area contributed by atoms with Crippen molar-refractivity contribution >= 4 is 7.82 Å². The third kappa shape index (κ3) is 12.0. The van der Waals surface area contributed by atoms with Crippen LogP contribution in [0.25, 0.3) is 0 Å². The molecule has 0 unspecified atom stereocenters. The van der Waals surface area contributed by atoms with Crippen LogP contribution in [0.5, 0.6) is 0 Å². The SMILES string of the molecule is CCOCCOCCOP(=O)([O-])[O-]. The van der Waals surface area contributed by atoms with Gasteiger partial charge in [-0.05, 0) is 6.92 Å². The topological polar surface area (TPSA) is 90.9 Å². The third-order valence-electron chi connectivity index (χ3n) is 1.05. The van der Waals surface area contributed by atoms with Crippen LogP contribution in [-0.2, 0) is 18.6 Å². The van der Waals surface area contributed by atoms with Crippen molar-refractivity contribution < 1.29 is 28.3 Å². The molecule has 0 rings (SSSR count). The molecule has 80 valence electrons. The van der Waals surface area contributed by atoms with Crippen LogP contribution in [0.1, 0.15) is 6.92 Å². The Balaban J connectivity index is 3.04. The highest BCUT2D eigenvalue weighted by Gasteiger charge is 1.92. The normalized spacial score (nSPS) is 11.9. The second-order valence-electron chi connectivity index (χ2n) is 2.09. The lowest BCUT2D eigenvalue weighted by molar-refractivity contribution is -0.342. The Morgan fingerprint density at radius 3 is 2.15 bits per heavy atom. The fourth-order valence-electron chi connectivity index (χ4n) is 0.572. The first kappa shape index (κ1) is 13.0. The Kier molecular flexibility index (Phi) is 7.45. The zero-order valence-corrected chi connectivity index (χ0v) is 8.33. The minimum absolute atomic E-state index is 0.0710. The minimum atomic E-state index is -4.84. The first-order valence-electron chi connectivity index (χ1n) is 3.88. The summed E-state index contributed by atoms with van der Waals surface area (Å²) in [4.78, 5) is 19.9. The van der Waals surface area contributed by atoms with Crippen LogP contribution in [0.15, 0.2) is 0 Å². The maximum atomic E-state index is 9.94. The van der Waals surface area contributed by atoms with Crippen LogP contribution in [-0.4, -0.2) is 33.0 Å². The summed E-state index contributed by atoms with van der Waals surface area (Å²) in [6, 6.07) is 0. The number of rotatable bonds is 8. The molecule has 0 heterocycles. The molecule has 0 bridgehead atoms. The van der Waals surface area contributed by atoms with E-state index < -0.39 is 7.82 Å². The average Bonchev–Trinajstić information content (AvgIpc) is 2.01. The molecule has 0 aromatic carbocycles. The summed E-state index contributed by atoms with van der Waals surface area (Å²) in [5.41, 5.74) is 0. The van der Waals surface area contributed by atoms with Crippen molar-refractivity contribution in [2.24, 2.45) is 0 Å². The van der Waals surface area contributed by atoms with Crippen molar-refractivity contribution in [2.45, 2.75) is 6.92 Å². The number of ether oxygens (including phenoxy) is 2. The molecule has 0 aliphatic carbocycles. The number of hydrogen-bond donors (Lipinski definition) is 0. The molecule has 13 heavy (non-hydrogen) atoms. The zero-order chi connectivity index (χ0) is 10.2. The van der Waals surface area contributed by atoms with Gasteiger partial charge in [0.15, 0.2) is 0 Å². The maximum absolute atomic E-state index is 9.94. The number of phosphoric acid groups is 1. The maximum Gasteiger partial charge on any atom is 0.0752 e. The van der Waals surface area contributed by atoms with E-state index in [9.17, 15) is 14.4 Å². The molecule has 6 nitrogen and oxygen atoms in total. The highest BCUT2D eigenvalue weighted by Crippen LogP contribution is 2.23. The van der Waals surface area contributed by atoms with Crippen LogP contribution in [0, 0.1) is 0 Å². The molecule has 0 aliphatic rings. The van der Waals surface area contributed by atoms with Crippen molar-refractivity contribution in [1.29, 1.82) is 0 Å². The number of phosphoric ester groups is 1. The average molecular weight is 212 g/mol. The van der Waals surface area contributed by atoms with E-state index in [1.807, 2.05) is 6.92 Å². The lowest BCUT2D eigenvalue weighted by atomic mass is 10.7. The van der Waals surface area contributed by atoms with Gasteiger partial charge in [0.05, 0.1) is 34.3 Å². The Bertz CT molecular complexity index is 155. The zero-order valence-electron chi connectivity index (χ0n) is 7.43. The first-order valence-corrected chi connectivity index (χ1v) is 5.34. The van der Waals surface area contributed by atoms with Gasteiger partial charge < -0.3 is 28.3 Å². The van der Waals surface area contributed by atoms with E-state index in [2.05, 4.69) is 4.52 Å². The van der Waals surface area contributed by atoms with Crippen molar-refractivity contribution in [3.63, 3.8) is 0 Å². The van der Waals surface area contributed by atoms with Gasteiger partial charge in [0.1, 0.15) is 0 Å². The molecule has 0 aliphatic heterocycles. The van der Waals surface area contributed by atoms with Gasteiger partial charge in [-0.3, -0.25) is 0 Å². The van der Waals surface area contributed by atoms with Gasteiger partial charge in [0, 0.05) is 6.61 Å². The fourth-order valence-corrected chi connectivity index (χ4v) is 0.870. The van der Waals surface area contributed by atoms with Crippen LogP contribution in [0.3, 0.4) is 0 Å². The summed E-state index contributed by atoms with van der Waals surface area (Å²) in [7, 11) is -4.84. The summed E-state index contributed by atoms with van der Waals surface area (Å²) in [6.07, 6.45) is 0. The van der Waals surface area contributed by atoms with E-state index >= 15 is 0 Å². The van der Waals surface area contributed by atoms with E-state index in [1.54, 1.807) is 0 Å². The molecule has 0 spiro atoms. The standard InChI is InChI=1S/C6H15O6P/c1-2-10-3-4-11-5-6-12-13(7,8)9/h2-6H2,1H3,(H2,7,8,9)/p-2. The van der Waals surface area contributed by atoms with Gasteiger partial charge >= 0.3 is 0 Å². The summed E-state index contributed by atoms with van der Waals surface area (Å²) < 4.78 is 23.7. The summed E-state index contributed by atoms with van der Waals surface area (Å²) in [5.74, 6) is 0. The van der Waals surface area contributed by atoms with Gasteiger partial charge in [-0.25, -0.2) is 0 Å².